The zero-order chi connectivity index (χ0) is 12.4. The minimum absolute atomic E-state index is 0.447. The van der Waals surface area contributed by atoms with Crippen LogP contribution in [0.25, 0.3) is 0 Å². The highest BCUT2D eigenvalue weighted by atomic mass is 32.9. The SMILES string of the molecule is C=CCN=CNP(=S)(OCCC)SC(C)C. The van der Waals surface area contributed by atoms with Gasteiger partial charge in [-0.05, 0) is 18.2 Å². The maximum absolute atomic E-state index is 5.73. The molecule has 6 heteroatoms. The van der Waals surface area contributed by atoms with Gasteiger partial charge in [0, 0.05) is 5.25 Å². The normalized spacial score (nSPS) is 15.2. The summed E-state index contributed by atoms with van der Waals surface area (Å²) in [6.07, 6.45) is 4.36. The quantitative estimate of drug-likeness (QED) is 0.303. The molecule has 1 N–H and O–H groups in total. The highest BCUT2D eigenvalue weighted by molar-refractivity contribution is 8.69. The summed E-state index contributed by atoms with van der Waals surface area (Å²) >= 11 is 7.19. The molecule has 0 heterocycles. The minimum atomic E-state index is -2.02. The van der Waals surface area contributed by atoms with Crippen LogP contribution in [-0.2, 0) is 16.3 Å². The van der Waals surface area contributed by atoms with Gasteiger partial charge in [-0.3, -0.25) is 4.99 Å². The van der Waals surface area contributed by atoms with Crippen molar-refractivity contribution in [1.29, 1.82) is 0 Å². The second kappa shape index (κ2) is 9.23. The van der Waals surface area contributed by atoms with Gasteiger partial charge in [0.1, 0.15) is 0 Å². The summed E-state index contributed by atoms with van der Waals surface area (Å²) in [6.45, 7) is 11.2. The van der Waals surface area contributed by atoms with Gasteiger partial charge in [0.25, 0.3) is 0 Å². The molecule has 0 spiro atoms. The second-order valence-electron chi connectivity index (χ2n) is 3.40. The number of hydrogen-bond donors (Lipinski definition) is 1. The van der Waals surface area contributed by atoms with Crippen molar-refractivity contribution in [3.05, 3.63) is 12.7 Å². The van der Waals surface area contributed by atoms with Crippen LogP contribution in [0.5, 0.6) is 0 Å². The van der Waals surface area contributed by atoms with E-state index in [9.17, 15) is 0 Å². The molecule has 0 amide bonds. The second-order valence-corrected chi connectivity index (χ2v) is 10.5. The minimum Gasteiger partial charge on any atom is -0.326 e. The molecule has 0 rings (SSSR count). The molecular weight excluding hydrogens is 259 g/mol. The molecule has 0 radical (unpaired) electrons. The standard InChI is InChI=1S/C10H21N2OPS2/c1-5-7-11-9-12-14(15,13-8-6-2)16-10(3)4/h5,9-10H,1,6-8H2,2-4H3,(H,11,12,15). The summed E-state index contributed by atoms with van der Waals surface area (Å²) in [7, 11) is 0. The fourth-order valence-electron chi connectivity index (χ4n) is 0.826. The van der Waals surface area contributed by atoms with E-state index >= 15 is 0 Å². The fraction of sp³-hybridized carbons (Fsp3) is 0.700. The summed E-state index contributed by atoms with van der Waals surface area (Å²) in [5, 5.41) is 3.57. The zero-order valence-electron chi connectivity index (χ0n) is 10.2. The van der Waals surface area contributed by atoms with Crippen molar-refractivity contribution in [1.82, 2.24) is 5.09 Å². The van der Waals surface area contributed by atoms with E-state index in [2.05, 4.69) is 37.4 Å². The van der Waals surface area contributed by atoms with Crippen LogP contribution in [0.2, 0.25) is 0 Å². The molecule has 0 aromatic carbocycles. The number of hydrogen-bond acceptors (Lipinski definition) is 4. The van der Waals surface area contributed by atoms with Crippen LogP contribution in [-0.4, -0.2) is 24.7 Å². The summed E-state index contributed by atoms with van der Waals surface area (Å²) in [5.74, 6) is 0. The molecule has 0 aromatic rings. The highest BCUT2D eigenvalue weighted by Gasteiger charge is 2.18. The first-order chi connectivity index (χ1) is 7.54. The lowest BCUT2D eigenvalue weighted by Gasteiger charge is -2.22. The molecule has 94 valence electrons. The Morgan fingerprint density at radius 1 is 1.62 bits per heavy atom. The lowest BCUT2D eigenvalue weighted by Crippen LogP contribution is -2.10. The van der Waals surface area contributed by atoms with Crippen molar-refractivity contribution in [2.24, 2.45) is 4.99 Å². The third-order valence-electron chi connectivity index (χ3n) is 1.36. The predicted octanol–water partition coefficient (Wildman–Crippen LogP) is 3.58. The van der Waals surface area contributed by atoms with E-state index in [-0.39, 0.29) is 0 Å². The lowest BCUT2D eigenvalue weighted by molar-refractivity contribution is 0.356. The largest absolute Gasteiger partial charge is 0.326 e. The van der Waals surface area contributed by atoms with Crippen molar-refractivity contribution in [3.63, 3.8) is 0 Å². The monoisotopic (exact) mass is 280 g/mol. The summed E-state index contributed by atoms with van der Waals surface area (Å²) < 4.78 is 5.73. The highest BCUT2D eigenvalue weighted by Crippen LogP contribution is 2.57. The average Bonchev–Trinajstić information content (AvgIpc) is 2.21. The first kappa shape index (κ1) is 16.2. The Hall–Kier alpha value is 0.170. The summed E-state index contributed by atoms with van der Waals surface area (Å²) in [4.78, 5) is 4.10. The van der Waals surface area contributed by atoms with E-state index in [1.54, 1.807) is 23.8 Å². The van der Waals surface area contributed by atoms with Crippen LogP contribution in [0.15, 0.2) is 17.6 Å². The van der Waals surface area contributed by atoms with Gasteiger partial charge >= 0.3 is 0 Å². The molecule has 16 heavy (non-hydrogen) atoms. The molecule has 0 saturated carbocycles. The van der Waals surface area contributed by atoms with E-state index in [0.29, 0.717) is 18.4 Å². The van der Waals surface area contributed by atoms with Gasteiger partial charge in [0.2, 0.25) is 5.62 Å². The average molecular weight is 280 g/mol. The van der Waals surface area contributed by atoms with E-state index in [1.807, 2.05) is 0 Å². The number of aliphatic imine (C=N–C) groups is 1. The Kier molecular flexibility index (Phi) is 9.32. The van der Waals surface area contributed by atoms with Crippen molar-refractivity contribution >= 4 is 35.1 Å². The maximum Gasteiger partial charge on any atom is 0.211 e. The van der Waals surface area contributed by atoms with E-state index in [0.717, 1.165) is 6.42 Å². The zero-order valence-corrected chi connectivity index (χ0v) is 12.7. The molecule has 0 fully saturated rings. The molecule has 0 aliphatic carbocycles. The first-order valence-electron chi connectivity index (χ1n) is 5.34. The van der Waals surface area contributed by atoms with Gasteiger partial charge < -0.3 is 9.61 Å². The van der Waals surface area contributed by atoms with E-state index in [4.69, 9.17) is 16.3 Å². The third-order valence-corrected chi connectivity index (χ3v) is 7.15. The topological polar surface area (TPSA) is 33.6 Å². The molecule has 1 atom stereocenters. The number of nitrogens with one attached hydrogen (secondary N) is 1. The number of nitrogens with zero attached hydrogens (tertiary/aromatic N) is 1. The fourth-order valence-corrected chi connectivity index (χ4v) is 6.53. The number of rotatable bonds is 9. The van der Waals surface area contributed by atoms with Crippen LogP contribution < -0.4 is 5.09 Å². The van der Waals surface area contributed by atoms with Crippen molar-refractivity contribution < 1.29 is 4.52 Å². The molecule has 0 bridgehead atoms. The Morgan fingerprint density at radius 3 is 2.81 bits per heavy atom. The van der Waals surface area contributed by atoms with Crippen LogP contribution in [0, 0.1) is 0 Å². The van der Waals surface area contributed by atoms with Crippen LogP contribution >= 0.6 is 17.0 Å². The van der Waals surface area contributed by atoms with Crippen molar-refractivity contribution in [2.75, 3.05) is 13.2 Å². The van der Waals surface area contributed by atoms with Gasteiger partial charge in [-0.1, -0.05) is 38.2 Å². The molecule has 1 unspecified atom stereocenters. The molecular formula is C10H21N2OPS2. The smallest absolute Gasteiger partial charge is 0.211 e. The predicted molar refractivity (Wildman–Crippen MR) is 79.9 cm³/mol. The van der Waals surface area contributed by atoms with Crippen molar-refractivity contribution in [2.45, 2.75) is 32.4 Å². The van der Waals surface area contributed by atoms with Gasteiger partial charge in [-0.15, -0.1) is 6.58 Å². The van der Waals surface area contributed by atoms with E-state index < -0.39 is 5.62 Å². The Morgan fingerprint density at radius 2 is 2.31 bits per heavy atom. The molecule has 0 aromatic heterocycles. The van der Waals surface area contributed by atoms with E-state index in [1.165, 1.54) is 0 Å². The lowest BCUT2D eigenvalue weighted by atomic mass is 10.5. The molecule has 0 aliphatic heterocycles. The Balaban J connectivity index is 4.28. The van der Waals surface area contributed by atoms with Gasteiger partial charge in [0.15, 0.2) is 0 Å². The van der Waals surface area contributed by atoms with Gasteiger partial charge in [-0.25, -0.2) is 0 Å². The van der Waals surface area contributed by atoms with Crippen LogP contribution in [0.1, 0.15) is 27.2 Å². The van der Waals surface area contributed by atoms with Gasteiger partial charge in [0.05, 0.1) is 19.5 Å². The van der Waals surface area contributed by atoms with Crippen LogP contribution in [0.4, 0.5) is 0 Å². The molecule has 0 aliphatic rings. The maximum atomic E-state index is 5.73. The Bertz CT molecular complexity index is 270. The first-order valence-corrected chi connectivity index (χ1v) is 9.54. The summed E-state index contributed by atoms with van der Waals surface area (Å²) in [5.41, 5.74) is -2.02. The van der Waals surface area contributed by atoms with Crippen molar-refractivity contribution in [3.8, 4) is 0 Å². The van der Waals surface area contributed by atoms with Crippen LogP contribution in [0.3, 0.4) is 0 Å². The summed E-state index contributed by atoms with van der Waals surface area (Å²) in [6, 6.07) is 0. The molecule has 3 nitrogen and oxygen atoms in total. The van der Waals surface area contributed by atoms with Gasteiger partial charge in [-0.2, -0.15) is 0 Å². The third kappa shape index (κ3) is 8.34. The molecule has 0 saturated heterocycles. The Labute approximate surface area is 108 Å².